The molecule has 1 saturated heterocycles. The van der Waals surface area contributed by atoms with Crippen molar-refractivity contribution in [2.45, 2.75) is 24.8 Å². The zero-order valence-electron chi connectivity index (χ0n) is 13.1. The predicted molar refractivity (Wildman–Crippen MR) is 95.7 cm³/mol. The molecule has 0 saturated carbocycles. The van der Waals surface area contributed by atoms with Crippen molar-refractivity contribution >= 4 is 18.3 Å². The zero-order chi connectivity index (χ0) is 15.4. The van der Waals surface area contributed by atoms with E-state index in [4.69, 9.17) is 5.73 Å². The molecule has 122 valence electrons. The van der Waals surface area contributed by atoms with Crippen molar-refractivity contribution in [3.63, 3.8) is 0 Å². The van der Waals surface area contributed by atoms with Gasteiger partial charge in [0.15, 0.2) is 0 Å². The van der Waals surface area contributed by atoms with Crippen LogP contribution in [0.2, 0.25) is 0 Å². The van der Waals surface area contributed by atoms with Crippen molar-refractivity contribution in [1.82, 2.24) is 4.90 Å². The third-order valence-electron chi connectivity index (χ3n) is 4.39. The van der Waals surface area contributed by atoms with Gasteiger partial charge in [0.25, 0.3) is 0 Å². The zero-order valence-corrected chi connectivity index (χ0v) is 13.9. The van der Waals surface area contributed by atoms with Gasteiger partial charge in [-0.2, -0.15) is 0 Å². The minimum Gasteiger partial charge on any atom is -0.341 e. The number of hydrogen-bond donors (Lipinski definition) is 1. The number of halogens is 1. The molecule has 0 bridgehead atoms. The molecule has 0 spiro atoms. The number of nitrogens with zero attached hydrogens (tertiary/aromatic N) is 1. The molecule has 2 aromatic rings. The largest absolute Gasteiger partial charge is 0.341 e. The van der Waals surface area contributed by atoms with Crippen molar-refractivity contribution in [3.8, 4) is 0 Å². The van der Waals surface area contributed by atoms with Gasteiger partial charge in [-0.3, -0.25) is 4.79 Å². The molecule has 1 aliphatic rings. The van der Waals surface area contributed by atoms with Gasteiger partial charge in [0.2, 0.25) is 5.91 Å². The van der Waals surface area contributed by atoms with Crippen molar-refractivity contribution in [2.75, 3.05) is 13.1 Å². The molecule has 2 unspecified atom stereocenters. The van der Waals surface area contributed by atoms with Crippen LogP contribution < -0.4 is 5.73 Å². The molecular formula is C19H23ClN2O. The van der Waals surface area contributed by atoms with Crippen LogP contribution in [0.1, 0.15) is 23.5 Å². The number of nitrogens with two attached hydrogens (primary N) is 1. The third kappa shape index (κ3) is 4.34. The molecule has 4 heteroatoms. The maximum absolute atomic E-state index is 12.5. The fourth-order valence-corrected chi connectivity index (χ4v) is 3.15. The summed E-state index contributed by atoms with van der Waals surface area (Å²) in [5.74, 6) is 0.511. The van der Waals surface area contributed by atoms with Crippen LogP contribution in [0.5, 0.6) is 0 Å². The lowest BCUT2D eigenvalue weighted by molar-refractivity contribution is -0.131. The Hall–Kier alpha value is -1.84. The second-order valence-corrected chi connectivity index (χ2v) is 5.98. The Bertz CT molecular complexity index is 618. The first-order valence-corrected chi connectivity index (χ1v) is 7.87. The summed E-state index contributed by atoms with van der Waals surface area (Å²) >= 11 is 0. The number of carbonyl (C=O) groups excluding carboxylic acids is 1. The number of amides is 1. The summed E-state index contributed by atoms with van der Waals surface area (Å²) < 4.78 is 0. The fourth-order valence-electron chi connectivity index (χ4n) is 3.15. The normalized spacial score (nSPS) is 18.3. The van der Waals surface area contributed by atoms with Crippen molar-refractivity contribution in [3.05, 3.63) is 71.8 Å². The van der Waals surface area contributed by atoms with Gasteiger partial charge in [0.1, 0.15) is 0 Å². The quantitative estimate of drug-likeness (QED) is 0.936. The van der Waals surface area contributed by atoms with E-state index >= 15 is 0 Å². The molecule has 1 heterocycles. The van der Waals surface area contributed by atoms with Crippen molar-refractivity contribution < 1.29 is 4.79 Å². The first-order valence-electron chi connectivity index (χ1n) is 7.87. The van der Waals surface area contributed by atoms with E-state index in [0.29, 0.717) is 12.3 Å². The minimum absolute atomic E-state index is 0. The molecule has 3 rings (SSSR count). The van der Waals surface area contributed by atoms with E-state index < -0.39 is 6.04 Å². The highest BCUT2D eigenvalue weighted by Crippen LogP contribution is 2.27. The molecule has 2 N–H and O–H groups in total. The first kappa shape index (κ1) is 17.5. The maximum atomic E-state index is 12.5. The number of rotatable bonds is 4. The van der Waals surface area contributed by atoms with E-state index in [1.165, 1.54) is 5.56 Å². The van der Waals surface area contributed by atoms with Crippen LogP contribution in [-0.2, 0) is 11.2 Å². The molecule has 2 atom stereocenters. The van der Waals surface area contributed by atoms with Crippen molar-refractivity contribution in [2.24, 2.45) is 5.73 Å². The van der Waals surface area contributed by atoms with E-state index in [-0.39, 0.29) is 18.3 Å². The van der Waals surface area contributed by atoms with E-state index in [1.807, 2.05) is 41.3 Å². The summed E-state index contributed by atoms with van der Waals surface area (Å²) in [6.07, 6.45) is 1.62. The Labute approximate surface area is 143 Å². The third-order valence-corrected chi connectivity index (χ3v) is 4.39. The summed E-state index contributed by atoms with van der Waals surface area (Å²) in [5, 5.41) is 0. The predicted octanol–water partition coefficient (Wildman–Crippen LogP) is 2.99. The number of likely N-dealkylation sites (tertiary alicyclic amines) is 1. The lowest BCUT2D eigenvalue weighted by atomic mass is 9.99. The molecule has 1 aliphatic heterocycles. The molecule has 0 aromatic heterocycles. The summed E-state index contributed by atoms with van der Waals surface area (Å²) in [4.78, 5) is 14.4. The van der Waals surface area contributed by atoms with Crippen LogP contribution >= 0.6 is 12.4 Å². The van der Waals surface area contributed by atoms with Crippen LogP contribution in [0, 0.1) is 0 Å². The summed E-state index contributed by atoms with van der Waals surface area (Å²) in [6.45, 7) is 1.59. The second kappa shape index (κ2) is 8.14. The average Bonchev–Trinajstić information content (AvgIpc) is 3.06. The van der Waals surface area contributed by atoms with Gasteiger partial charge in [-0.1, -0.05) is 60.7 Å². The Morgan fingerprint density at radius 3 is 2.35 bits per heavy atom. The Balaban J connectivity index is 0.00000192. The SMILES string of the molecule is Cl.NC(Cc1ccccc1)C(=O)N1CCC(c2ccccc2)C1. The highest BCUT2D eigenvalue weighted by Gasteiger charge is 2.29. The molecule has 3 nitrogen and oxygen atoms in total. The Morgan fingerprint density at radius 1 is 1.09 bits per heavy atom. The average molecular weight is 331 g/mol. The van der Waals surface area contributed by atoms with Gasteiger partial charge in [-0.15, -0.1) is 12.4 Å². The minimum atomic E-state index is -0.447. The van der Waals surface area contributed by atoms with Crippen LogP contribution in [0.3, 0.4) is 0 Å². The first-order chi connectivity index (χ1) is 10.7. The molecular weight excluding hydrogens is 308 g/mol. The van der Waals surface area contributed by atoms with Gasteiger partial charge >= 0.3 is 0 Å². The van der Waals surface area contributed by atoms with Gasteiger partial charge in [0.05, 0.1) is 6.04 Å². The molecule has 1 fully saturated rings. The number of benzene rings is 2. The van der Waals surface area contributed by atoms with Crippen molar-refractivity contribution in [1.29, 1.82) is 0 Å². The Morgan fingerprint density at radius 2 is 1.70 bits per heavy atom. The topological polar surface area (TPSA) is 46.3 Å². The van der Waals surface area contributed by atoms with Crippen LogP contribution in [-0.4, -0.2) is 29.9 Å². The van der Waals surface area contributed by atoms with Gasteiger partial charge in [0, 0.05) is 19.0 Å². The number of carbonyl (C=O) groups is 1. The lowest BCUT2D eigenvalue weighted by Gasteiger charge is -2.21. The standard InChI is InChI=1S/C19H22N2O.ClH/c20-18(13-15-7-3-1-4-8-15)19(22)21-12-11-17(14-21)16-9-5-2-6-10-16;/h1-10,17-18H,11-14,20H2;1H. The van der Waals surface area contributed by atoms with Crippen LogP contribution in [0.15, 0.2) is 60.7 Å². The summed E-state index contributed by atoms with van der Waals surface area (Å²) in [6, 6.07) is 19.9. The van der Waals surface area contributed by atoms with Gasteiger partial charge < -0.3 is 10.6 Å². The van der Waals surface area contributed by atoms with E-state index in [1.54, 1.807) is 0 Å². The van der Waals surface area contributed by atoms with E-state index in [2.05, 4.69) is 24.3 Å². The number of hydrogen-bond acceptors (Lipinski definition) is 2. The second-order valence-electron chi connectivity index (χ2n) is 5.98. The smallest absolute Gasteiger partial charge is 0.239 e. The van der Waals surface area contributed by atoms with Crippen LogP contribution in [0.4, 0.5) is 0 Å². The highest BCUT2D eigenvalue weighted by atomic mass is 35.5. The Kier molecular flexibility index (Phi) is 6.20. The highest BCUT2D eigenvalue weighted by molar-refractivity contribution is 5.85. The monoisotopic (exact) mass is 330 g/mol. The molecule has 0 radical (unpaired) electrons. The van der Waals surface area contributed by atoms with E-state index in [0.717, 1.165) is 25.1 Å². The molecule has 1 amide bonds. The van der Waals surface area contributed by atoms with Gasteiger partial charge in [-0.05, 0) is 24.0 Å². The molecule has 2 aromatic carbocycles. The summed E-state index contributed by atoms with van der Waals surface area (Å²) in [5.41, 5.74) is 8.55. The van der Waals surface area contributed by atoms with Crippen LogP contribution in [0.25, 0.3) is 0 Å². The lowest BCUT2D eigenvalue weighted by Crippen LogP contribution is -2.43. The summed E-state index contributed by atoms with van der Waals surface area (Å²) in [7, 11) is 0. The molecule has 23 heavy (non-hydrogen) atoms. The van der Waals surface area contributed by atoms with E-state index in [9.17, 15) is 4.79 Å². The molecule has 0 aliphatic carbocycles. The maximum Gasteiger partial charge on any atom is 0.239 e. The fraction of sp³-hybridized carbons (Fsp3) is 0.316. The van der Waals surface area contributed by atoms with Gasteiger partial charge in [-0.25, -0.2) is 0 Å².